The van der Waals surface area contributed by atoms with Gasteiger partial charge in [-0.15, -0.1) is 5.10 Å². The minimum atomic E-state index is -0.234. The van der Waals surface area contributed by atoms with E-state index in [4.69, 9.17) is 37.8 Å². The Morgan fingerprint density at radius 1 is 1.07 bits per heavy atom. The molecule has 2 N–H and O–H groups in total. The molecule has 2 heterocycles. The van der Waals surface area contributed by atoms with Crippen LogP contribution in [-0.2, 0) is 27.5 Å². The molecule has 0 radical (unpaired) electrons. The van der Waals surface area contributed by atoms with E-state index < -0.39 is 0 Å². The third-order valence-corrected chi connectivity index (χ3v) is 6.60. The molecule has 0 aliphatic carbocycles. The number of halogens is 2. The maximum atomic E-state index is 13.6. The lowest BCUT2D eigenvalue weighted by molar-refractivity contribution is -0.127. The van der Waals surface area contributed by atoms with Gasteiger partial charge in [0.15, 0.2) is 6.79 Å². The number of hydrogen-bond acceptors (Lipinski definition) is 8. The SMILES string of the molecule is COCONc1ccc(-c2nc(CN(Cc3ccccc3)C(=O)/C=C/c3cc(Cl)ccc3-n3cnnn3)[nH]c2Cl)cc1. The fraction of sp³-hybridized carbons (Fsp3) is 0.138. The van der Waals surface area contributed by atoms with Crippen LogP contribution >= 0.6 is 23.2 Å². The third-order valence-electron chi connectivity index (χ3n) is 6.09. The molecule has 1 amide bonds. The monoisotopic (exact) mass is 604 g/mol. The number of rotatable bonds is 12. The van der Waals surface area contributed by atoms with E-state index >= 15 is 0 Å². The molecule has 0 aliphatic rings. The van der Waals surface area contributed by atoms with Gasteiger partial charge in [0.05, 0.1) is 17.9 Å². The van der Waals surface area contributed by atoms with Gasteiger partial charge < -0.3 is 14.6 Å². The molecule has 0 fully saturated rings. The highest BCUT2D eigenvalue weighted by atomic mass is 35.5. The largest absolute Gasteiger partial charge is 0.356 e. The molecule has 2 aromatic heterocycles. The first-order valence-electron chi connectivity index (χ1n) is 12.8. The van der Waals surface area contributed by atoms with E-state index in [-0.39, 0.29) is 19.2 Å². The zero-order valence-corrected chi connectivity index (χ0v) is 24.0. The van der Waals surface area contributed by atoms with Crippen molar-refractivity contribution in [3.05, 3.63) is 112 Å². The van der Waals surface area contributed by atoms with Crippen molar-refractivity contribution in [3.8, 4) is 16.9 Å². The normalized spacial score (nSPS) is 11.2. The van der Waals surface area contributed by atoms with Crippen LogP contribution in [0.4, 0.5) is 5.69 Å². The summed E-state index contributed by atoms with van der Waals surface area (Å²) in [6.07, 6.45) is 4.66. The average Bonchev–Trinajstić information content (AvgIpc) is 3.67. The quantitative estimate of drug-likeness (QED) is 0.0822. The highest BCUT2D eigenvalue weighted by Crippen LogP contribution is 2.28. The van der Waals surface area contributed by atoms with Crippen LogP contribution in [0.25, 0.3) is 23.0 Å². The number of H-pyrrole nitrogens is 1. The summed E-state index contributed by atoms with van der Waals surface area (Å²) in [6.45, 7) is 0.663. The van der Waals surface area contributed by atoms with Crippen molar-refractivity contribution < 1.29 is 14.4 Å². The van der Waals surface area contributed by atoms with Crippen molar-refractivity contribution in [1.82, 2.24) is 35.1 Å². The van der Waals surface area contributed by atoms with Crippen molar-refractivity contribution in [3.63, 3.8) is 0 Å². The summed E-state index contributed by atoms with van der Waals surface area (Å²) in [4.78, 5) is 28.2. The van der Waals surface area contributed by atoms with Crippen LogP contribution in [-0.4, -0.2) is 54.9 Å². The molecule has 5 aromatic rings. The van der Waals surface area contributed by atoms with Gasteiger partial charge in [0.25, 0.3) is 0 Å². The number of anilines is 1. The van der Waals surface area contributed by atoms with Gasteiger partial charge in [0, 0.05) is 35.9 Å². The second-order valence-electron chi connectivity index (χ2n) is 9.05. The fourth-order valence-corrected chi connectivity index (χ4v) is 4.57. The number of tetrazole rings is 1. The minimum Gasteiger partial charge on any atom is -0.356 e. The predicted octanol–water partition coefficient (Wildman–Crippen LogP) is 5.55. The second kappa shape index (κ2) is 13.9. The minimum absolute atomic E-state index is 0.114. The molecule has 42 heavy (non-hydrogen) atoms. The number of carbonyl (C=O) groups excluding carboxylic acids is 1. The molecule has 0 spiro atoms. The summed E-state index contributed by atoms with van der Waals surface area (Å²) < 4.78 is 6.37. The average molecular weight is 605 g/mol. The summed E-state index contributed by atoms with van der Waals surface area (Å²) in [5.74, 6) is 0.303. The van der Waals surface area contributed by atoms with E-state index in [1.807, 2.05) is 54.6 Å². The zero-order chi connectivity index (χ0) is 29.3. The van der Waals surface area contributed by atoms with Crippen LogP contribution < -0.4 is 5.48 Å². The maximum absolute atomic E-state index is 13.6. The van der Waals surface area contributed by atoms with Crippen LogP contribution in [0, 0.1) is 0 Å². The number of amides is 1. The van der Waals surface area contributed by atoms with E-state index in [0.717, 1.165) is 16.8 Å². The number of methoxy groups -OCH3 is 1. The van der Waals surface area contributed by atoms with Gasteiger partial charge in [-0.2, -0.15) is 4.68 Å². The standard InChI is InChI=1S/C29H26Cl2N8O3/c1-41-19-42-35-24-11-7-21(8-12-24)28-29(31)34-26(33-28)17-38(16-20-5-3-2-4-6-20)27(40)14-9-22-15-23(30)10-13-25(22)39-18-32-36-37-39/h2-15,18,35H,16-17,19H2,1H3,(H,33,34)/b14-9+. The lowest BCUT2D eigenvalue weighted by Gasteiger charge is -2.20. The van der Waals surface area contributed by atoms with Crippen LogP contribution in [0.2, 0.25) is 10.2 Å². The van der Waals surface area contributed by atoms with Crippen LogP contribution in [0.15, 0.2) is 85.2 Å². The Kier molecular flexibility index (Phi) is 9.57. The van der Waals surface area contributed by atoms with Gasteiger partial charge >= 0.3 is 0 Å². The van der Waals surface area contributed by atoms with Crippen molar-refractivity contribution in [2.24, 2.45) is 0 Å². The van der Waals surface area contributed by atoms with Gasteiger partial charge in [0.1, 0.15) is 23.0 Å². The highest BCUT2D eigenvalue weighted by molar-refractivity contribution is 6.32. The summed E-state index contributed by atoms with van der Waals surface area (Å²) in [5.41, 5.74) is 7.23. The molecular weight excluding hydrogens is 579 g/mol. The van der Waals surface area contributed by atoms with Gasteiger partial charge in [-0.05, 0) is 52.4 Å². The number of nitrogens with one attached hydrogen (secondary N) is 2. The van der Waals surface area contributed by atoms with E-state index in [0.29, 0.717) is 39.5 Å². The van der Waals surface area contributed by atoms with E-state index in [9.17, 15) is 4.79 Å². The Balaban J connectivity index is 1.37. The Labute approximate surface area is 251 Å². The molecule has 5 rings (SSSR count). The van der Waals surface area contributed by atoms with Crippen LogP contribution in [0.1, 0.15) is 17.0 Å². The summed E-state index contributed by atoms with van der Waals surface area (Å²) in [7, 11) is 1.54. The molecule has 214 valence electrons. The second-order valence-corrected chi connectivity index (χ2v) is 9.86. The van der Waals surface area contributed by atoms with Crippen molar-refractivity contribution in [2.45, 2.75) is 13.1 Å². The molecule has 13 heteroatoms. The molecule has 0 saturated heterocycles. The Morgan fingerprint density at radius 2 is 1.88 bits per heavy atom. The van der Waals surface area contributed by atoms with E-state index in [1.165, 1.54) is 17.1 Å². The first-order chi connectivity index (χ1) is 20.5. The first kappa shape index (κ1) is 29.0. The summed E-state index contributed by atoms with van der Waals surface area (Å²) in [6, 6.07) is 22.4. The predicted molar refractivity (Wildman–Crippen MR) is 160 cm³/mol. The molecule has 0 saturated carbocycles. The Hall–Kier alpha value is -4.55. The summed E-state index contributed by atoms with van der Waals surface area (Å²) in [5, 5.41) is 12.2. The van der Waals surface area contributed by atoms with Gasteiger partial charge in [-0.3, -0.25) is 10.3 Å². The number of imidazole rings is 1. The maximum Gasteiger partial charge on any atom is 0.247 e. The first-order valence-corrected chi connectivity index (χ1v) is 13.5. The number of carbonyl (C=O) groups is 1. The van der Waals surface area contributed by atoms with Gasteiger partial charge in [-0.1, -0.05) is 65.7 Å². The fourth-order valence-electron chi connectivity index (χ4n) is 4.13. The topological polar surface area (TPSA) is 123 Å². The van der Waals surface area contributed by atoms with Gasteiger partial charge in [0.2, 0.25) is 5.91 Å². The number of aromatic nitrogens is 6. The molecule has 11 nitrogen and oxygen atoms in total. The van der Waals surface area contributed by atoms with Crippen molar-refractivity contribution >= 4 is 40.9 Å². The van der Waals surface area contributed by atoms with Crippen molar-refractivity contribution in [1.29, 1.82) is 0 Å². The smallest absolute Gasteiger partial charge is 0.247 e. The van der Waals surface area contributed by atoms with Gasteiger partial charge in [-0.25, -0.2) is 9.82 Å². The third kappa shape index (κ3) is 7.39. The Bertz CT molecular complexity index is 1640. The molecule has 0 bridgehead atoms. The Morgan fingerprint density at radius 3 is 2.62 bits per heavy atom. The highest BCUT2D eigenvalue weighted by Gasteiger charge is 2.18. The van der Waals surface area contributed by atoms with Crippen LogP contribution in [0.3, 0.4) is 0 Å². The van der Waals surface area contributed by atoms with Crippen molar-refractivity contribution in [2.75, 3.05) is 19.4 Å². The molecule has 0 unspecified atom stereocenters. The number of aromatic amines is 1. The molecular formula is C29H26Cl2N8O3. The number of hydrogen-bond donors (Lipinski definition) is 2. The zero-order valence-electron chi connectivity index (χ0n) is 22.4. The number of ether oxygens (including phenoxy) is 1. The summed E-state index contributed by atoms with van der Waals surface area (Å²) >= 11 is 12.8. The van der Waals surface area contributed by atoms with Crippen LogP contribution in [0.5, 0.6) is 0 Å². The number of nitrogens with zero attached hydrogens (tertiary/aromatic N) is 6. The lowest BCUT2D eigenvalue weighted by atomic mass is 10.1. The molecule has 0 atom stereocenters. The van der Waals surface area contributed by atoms with E-state index in [2.05, 4.69) is 26.0 Å². The molecule has 0 aliphatic heterocycles. The molecule has 3 aromatic carbocycles. The lowest BCUT2D eigenvalue weighted by Crippen LogP contribution is -2.29. The number of benzene rings is 3. The van der Waals surface area contributed by atoms with E-state index in [1.54, 1.807) is 36.3 Å².